The molecule has 1 aliphatic rings. The minimum Gasteiger partial charge on any atom is -0.444 e. The molecule has 0 radical (unpaired) electrons. The van der Waals surface area contributed by atoms with Gasteiger partial charge in [-0.25, -0.2) is 19.2 Å². The highest BCUT2D eigenvalue weighted by molar-refractivity contribution is 9.10. The van der Waals surface area contributed by atoms with Gasteiger partial charge < -0.3 is 9.64 Å². The second-order valence-electron chi connectivity index (χ2n) is 8.21. The fourth-order valence-corrected chi connectivity index (χ4v) is 4.30. The van der Waals surface area contributed by atoms with Gasteiger partial charge in [0.1, 0.15) is 27.7 Å². The number of hydrogen-bond acceptors (Lipinski definition) is 4. The Morgan fingerprint density at radius 2 is 1.93 bits per heavy atom. The Bertz CT molecular complexity index is 883. The number of halogens is 2. The Kier molecular flexibility index (Phi) is 5.79. The summed E-state index contributed by atoms with van der Waals surface area (Å²) in [6, 6.07) is 1.47. The molecule has 1 fully saturated rings. The van der Waals surface area contributed by atoms with Crippen molar-refractivity contribution in [3.8, 4) is 5.82 Å². The van der Waals surface area contributed by atoms with Gasteiger partial charge in [0.2, 0.25) is 0 Å². The van der Waals surface area contributed by atoms with Gasteiger partial charge in [0.05, 0.1) is 11.9 Å². The van der Waals surface area contributed by atoms with E-state index in [1.165, 1.54) is 12.3 Å². The standard InChI is InChI=1S/C20H26BrFN4O2/c1-12-10-15(22)11-23-18(12)26-13(2)24-16(17(26)21)14-6-8-25(9-7-14)19(27)28-20(3,4)5/h10-11,14H,6-9H2,1-5H3. The van der Waals surface area contributed by atoms with Gasteiger partial charge in [0.15, 0.2) is 0 Å². The highest BCUT2D eigenvalue weighted by atomic mass is 79.9. The van der Waals surface area contributed by atoms with Crippen molar-refractivity contribution in [1.29, 1.82) is 0 Å². The zero-order valence-electron chi connectivity index (χ0n) is 16.9. The third-order valence-corrected chi connectivity index (χ3v) is 5.54. The fraction of sp³-hybridized carbons (Fsp3) is 0.550. The number of amides is 1. The van der Waals surface area contributed by atoms with Crippen LogP contribution in [0.3, 0.4) is 0 Å². The molecule has 1 amide bonds. The van der Waals surface area contributed by atoms with Crippen molar-refractivity contribution in [3.05, 3.63) is 39.8 Å². The number of nitrogens with zero attached hydrogens (tertiary/aromatic N) is 4. The summed E-state index contributed by atoms with van der Waals surface area (Å²) in [5.41, 5.74) is 1.20. The van der Waals surface area contributed by atoms with Crippen LogP contribution in [0, 0.1) is 19.7 Å². The van der Waals surface area contributed by atoms with Gasteiger partial charge >= 0.3 is 6.09 Å². The van der Waals surface area contributed by atoms with Crippen LogP contribution in [0.25, 0.3) is 5.82 Å². The molecule has 0 N–H and O–H groups in total. The summed E-state index contributed by atoms with van der Waals surface area (Å²) in [4.78, 5) is 23.0. The number of aryl methyl sites for hydroxylation is 2. The number of carbonyl (C=O) groups is 1. The quantitative estimate of drug-likeness (QED) is 0.649. The van der Waals surface area contributed by atoms with Crippen LogP contribution in [0.1, 0.15) is 56.6 Å². The van der Waals surface area contributed by atoms with Crippen molar-refractivity contribution in [2.24, 2.45) is 0 Å². The second-order valence-corrected chi connectivity index (χ2v) is 8.96. The summed E-state index contributed by atoms with van der Waals surface area (Å²) in [6.07, 6.45) is 2.57. The topological polar surface area (TPSA) is 60.2 Å². The van der Waals surface area contributed by atoms with Gasteiger partial charge in [-0.2, -0.15) is 0 Å². The molecular weight excluding hydrogens is 427 g/mol. The number of carbonyl (C=O) groups excluding carboxylic acids is 1. The number of likely N-dealkylation sites (tertiary alicyclic amines) is 1. The lowest BCUT2D eigenvalue weighted by atomic mass is 9.94. The van der Waals surface area contributed by atoms with Crippen molar-refractivity contribution < 1.29 is 13.9 Å². The highest BCUT2D eigenvalue weighted by Gasteiger charge is 2.30. The van der Waals surface area contributed by atoms with Crippen molar-refractivity contribution in [1.82, 2.24) is 19.4 Å². The van der Waals surface area contributed by atoms with E-state index < -0.39 is 5.60 Å². The average Bonchev–Trinajstić information content (AvgIpc) is 2.88. The maximum Gasteiger partial charge on any atom is 0.410 e. The van der Waals surface area contributed by atoms with Gasteiger partial charge in [-0.3, -0.25) is 4.57 Å². The van der Waals surface area contributed by atoms with Crippen LogP contribution in [-0.2, 0) is 4.74 Å². The summed E-state index contributed by atoms with van der Waals surface area (Å²) in [6.45, 7) is 10.6. The third kappa shape index (κ3) is 4.37. The number of rotatable bonds is 2. The lowest BCUT2D eigenvalue weighted by Gasteiger charge is -2.33. The van der Waals surface area contributed by atoms with Crippen LogP contribution in [0.4, 0.5) is 9.18 Å². The molecule has 6 nitrogen and oxygen atoms in total. The zero-order chi connectivity index (χ0) is 20.6. The highest BCUT2D eigenvalue weighted by Crippen LogP contribution is 2.35. The van der Waals surface area contributed by atoms with Crippen LogP contribution in [0.15, 0.2) is 16.9 Å². The Hall–Kier alpha value is -1.96. The zero-order valence-corrected chi connectivity index (χ0v) is 18.5. The number of ether oxygens (including phenoxy) is 1. The third-order valence-electron chi connectivity index (χ3n) is 4.78. The van der Waals surface area contributed by atoms with Crippen LogP contribution in [-0.4, -0.2) is 44.2 Å². The predicted octanol–water partition coefficient (Wildman–Crippen LogP) is 4.90. The van der Waals surface area contributed by atoms with E-state index >= 15 is 0 Å². The van der Waals surface area contributed by atoms with E-state index in [9.17, 15) is 9.18 Å². The van der Waals surface area contributed by atoms with E-state index in [4.69, 9.17) is 9.72 Å². The van der Waals surface area contributed by atoms with Crippen LogP contribution in [0.5, 0.6) is 0 Å². The Morgan fingerprint density at radius 3 is 2.50 bits per heavy atom. The molecule has 1 aliphatic heterocycles. The smallest absolute Gasteiger partial charge is 0.410 e. The van der Waals surface area contributed by atoms with E-state index in [0.29, 0.717) is 18.9 Å². The largest absolute Gasteiger partial charge is 0.444 e. The van der Waals surface area contributed by atoms with Crippen LogP contribution in [0.2, 0.25) is 0 Å². The molecule has 0 spiro atoms. The van der Waals surface area contributed by atoms with Crippen molar-refractivity contribution in [2.75, 3.05) is 13.1 Å². The number of piperidine rings is 1. The van der Waals surface area contributed by atoms with E-state index in [0.717, 1.165) is 34.5 Å². The minimum absolute atomic E-state index is 0.230. The van der Waals surface area contributed by atoms with E-state index in [1.807, 2.05) is 39.2 Å². The molecule has 2 aromatic rings. The van der Waals surface area contributed by atoms with Crippen LogP contribution < -0.4 is 0 Å². The lowest BCUT2D eigenvalue weighted by molar-refractivity contribution is 0.0204. The molecule has 3 rings (SSSR count). The second kappa shape index (κ2) is 7.81. The van der Waals surface area contributed by atoms with E-state index in [1.54, 1.807) is 4.90 Å². The van der Waals surface area contributed by atoms with E-state index in [2.05, 4.69) is 20.9 Å². The van der Waals surface area contributed by atoms with E-state index in [-0.39, 0.29) is 17.8 Å². The predicted molar refractivity (Wildman–Crippen MR) is 108 cm³/mol. The molecular formula is C20H26BrFN4O2. The summed E-state index contributed by atoms with van der Waals surface area (Å²) >= 11 is 3.67. The molecule has 0 aromatic carbocycles. The molecule has 0 aliphatic carbocycles. The number of pyridine rings is 1. The SMILES string of the molecule is Cc1cc(F)cnc1-n1c(C)nc(C2CCN(C(=O)OC(C)(C)C)CC2)c1Br. The Morgan fingerprint density at radius 1 is 1.29 bits per heavy atom. The first-order chi connectivity index (χ1) is 13.1. The average molecular weight is 453 g/mol. The van der Waals surface area contributed by atoms with Gasteiger partial charge in [-0.15, -0.1) is 0 Å². The normalized spacial score (nSPS) is 15.8. The molecule has 0 saturated carbocycles. The number of aromatic nitrogens is 3. The molecule has 0 unspecified atom stereocenters. The maximum absolute atomic E-state index is 13.4. The maximum atomic E-state index is 13.4. The Labute approximate surface area is 173 Å². The first-order valence-electron chi connectivity index (χ1n) is 9.42. The number of imidazole rings is 1. The van der Waals surface area contributed by atoms with Crippen molar-refractivity contribution >= 4 is 22.0 Å². The van der Waals surface area contributed by atoms with Crippen molar-refractivity contribution in [2.45, 2.75) is 59.0 Å². The van der Waals surface area contributed by atoms with Gasteiger partial charge in [-0.05, 0) is 75.0 Å². The Balaban J connectivity index is 1.77. The van der Waals surface area contributed by atoms with Gasteiger partial charge in [0, 0.05) is 19.0 Å². The molecule has 1 saturated heterocycles. The summed E-state index contributed by atoms with van der Waals surface area (Å²) < 4.78 is 21.6. The number of hydrogen-bond donors (Lipinski definition) is 0. The fourth-order valence-electron chi connectivity index (χ4n) is 3.46. The molecule has 8 heteroatoms. The van der Waals surface area contributed by atoms with Crippen molar-refractivity contribution in [3.63, 3.8) is 0 Å². The molecule has 28 heavy (non-hydrogen) atoms. The minimum atomic E-state index is -0.493. The van der Waals surface area contributed by atoms with Crippen LogP contribution >= 0.6 is 15.9 Å². The monoisotopic (exact) mass is 452 g/mol. The van der Waals surface area contributed by atoms with Gasteiger partial charge in [0.25, 0.3) is 0 Å². The molecule has 0 bridgehead atoms. The lowest BCUT2D eigenvalue weighted by Crippen LogP contribution is -2.41. The molecule has 0 atom stereocenters. The molecule has 2 aromatic heterocycles. The first-order valence-corrected chi connectivity index (χ1v) is 10.2. The summed E-state index contributed by atoms with van der Waals surface area (Å²) in [5.74, 6) is 1.33. The summed E-state index contributed by atoms with van der Waals surface area (Å²) in [5, 5.41) is 0. The molecule has 3 heterocycles. The summed E-state index contributed by atoms with van der Waals surface area (Å²) in [7, 11) is 0. The van der Waals surface area contributed by atoms with Gasteiger partial charge in [-0.1, -0.05) is 0 Å². The first kappa shape index (κ1) is 20.8. The molecule has 152 valence electrons.